The van der Waals surface area contributed by atoms with Crippen molar-refractivity contribution in [3.63, 3.8) is 0 Å². The molecule has 3 aliphatic rings. The van der Waals surface area contributed by atoms with Gasteiger partial charge in [-0.05, 0) is 61.5 Å². The van der Waals surface area contributed by atoms with Crippen molar-refractivity contribution in [3.8, 4) is 0 Å². The van der Waals surface area contributed by atoms with E-state index in [2.05, 4.69) is 5.32 Å². The van der Waals surface area contributed by atoms with Crippen molar-refractivity contribution in [2.24, 2.45) is 23.7 Å². The van der Waals surface area contributed by atoms with Gasteiger partial charge in [0.2, 0.25) is 0 Å². The predicted octanol–water partition coefficient (Wildman–Crippen LogP) is 4.69. The summed E-state index contributed by atoms with van der Waals surface area (Å²) in [6, 6.07) is 2.64. The third-order valence-electron chi connectivity index (χ3n) is 6.00. The molecule has 1 aromatic carbocycles. The smallest absolute Gasteiger partial charge is 0.253 e. The Hall–Kier alpha value is -0.800. The first-order chi connectivity index (χ1) is 10.5. The van der Waals surface area contributed by atoms with Crippen LogP contribution in [0.25, 0.3) is 0 Å². The lowest BCUT2D eigenvalue weighted by atomic mass is 9.79. The summed E-state index contributed by atoms with van der Waals surface area (Å²) >= 11 is 11.7. The summed E-state index contributed by atoms with van der Waals surface area (Å²) < 4.78 is 13.6. The number of carbonyl (C=O) groups excluding carboxylic acids is 1. The van der Waals surface area contributed by atoms with E-state index in [1.54, 1.807) is 0 Å². The lowest BCUT2D eigenvalue weighted by molar-refractivity contribution is 0.0901. The van der Waals surface area contributed by atoms with Crippen molar-refractivity contribution < 1.29 is 9.18 Å². The predicted molar refractivity (Wildman–Crippen MR) is 84.7 cm³/mol. The Morgan fingerprint density at radius 2 is 1.86 bits per heavy atom. The van der Waals surface area contributed by atoms with Gasteiger partial charge >= 0.3 is 0 Å². The molecule has 3 saturated carbocycles. The van der Waals surface area contributed by atoms with E-state index in [-0.39, 0.29) is 27.6 Å². The molecule has 0 saturated heterocycles. The normalized spacial score (nSPS) is 35.7. The molecule has 5 unspecified atom stereocenters. The van der Waals surface area contributed by atoms with Gasteiger partial charge in [0, 0.05) is 6.04 Å². The Labute approximate surface area is 139 Å². The number of carbonyl (C=O) groups is 1. The van der Waals surface area contributed by atoms with Gasteiger partial charge in [0.25, 0.3) is 5.91 Å². The Morgan fingerprint density at radius 3 is 2.68 bits per heavy atom. The van der Waals surface area contributed by atoms with Gasteiger partial charge in [-0.1, -0.05) is 29.6 Å². The molecule has 3 fully saturated rings. The summed E-state index contributed by atoms with van der Waals surface area (Å²) in [7, 11) is 0. The number of halogens is 3. The van der Waals surface area contributed by atoms with Gasteiger partial charge in [-0.15, -0.1) is 0 Å². The van der Waals surface area contributed by atoms with E-state index in [9.17, 15) is 9.18 Å². The number of benzene rings is 1. The lowest BCUT2D eigenvalue weighted by Gasteiger charge is -2.32. The first-order valence-corrected chi connectivity index (χ1v) is 8.75. The maximum Gasteiger partial charge on any atom is 0.253 e. The van der Waals surface area contributed by atoms with Crippen LogP contribution < -0.4 is 5.32 Å². The van der Waals surface area contributed by atoms with Crippen LogP contribution in [0.1, 0.15) is 42.5 Å². The molecule has 2 nitrogen and oxygen atoms in total. The minimum Gasteiger partial charge on any atom is -0.349 e. The number of amides is 1. The second-order valence-electron chi connectivity index (χ2n) is 6.98. The van der Waals surface area contributed by atoms with E-state index in [0.717, 1.165) is 30.2 Å². The third-order valence-corrected chi connectivity index (χ3v) is 6.60. The molecule has 22 heavy (non-hydrogen) atoms. The molecule has 2 bridgehead atoms. The summed E-state index contributed by atoms with van der Waals surface area (Å²) in [5.41, 5.74) is 0.175. The maximum absolute atomic E-state index is 13.6. The van der Waals surface area contributed by atoms with Crippen LogP contribution >= 0.6 is 23.2 Å². The fourth-order valence-electron chi connectivity index (χ4n) is 5.18. The van der Waals surface area contributed by atoms with Crippen LogP contribution in [0.4, 0.5) is 4.39 Å². The van der Waals surface area contributed by atoms with E-state index < -0.39 is 5.82 Å². The van der Waals surface area contributed by atoms with E-state index in [1.165, 1.54) is 31.7 Å². The largest absolute Gasteiger partial charge is 0.349 e. The first kappa shape index (κ1) is 14.8. The fourth-order valence-corrected chi connectivity index (χ4v) is 5.65. The molecule has 1 aromatic rings. The molecule has 4 rings (SSSR count). The fraction of sp³-hybridized carbons (Fsp3) is 0.588. The molecule has 0 aromatic heterocycles. The summed E-state index contributed by atoms with van der Waals surface area (Å²) in [4.78, 5) is 12.4. The average Bonchev–Trinajstić information content (AvgIpc) is 3.14. The molecular weight excluding hydrogens is 324 g/mol. The Kier molecular flexibility index (Phi) is 3.61. The minimum absolute atomic E-state index is 0.0599. The van der Waals surface area contributed by atoms with Gasteiger partial charge in [-0.3, -0.25) is 4.79 Å². The second-order valence-corrected chi connectivity index (χ2v) is 7.79. The van der Waals surface area contributed by atoms with E-state index in [1.807, 2.05) is 0 Å². The Balaban J connectivity index is 1.50. The van der Waals surface area contributed by atoms with Crippen molar-refractivity contribution in [2.75, 3.05) is 0 Å². The Bertz CT molecular complexity index is 635. The average molecular weight is 342 g/mol. The van der Waals surface area contributed by atoms with Crippen LogP contribution in [0.2, 0.25) is 10.0 Å². The highest BCUT2D eigenvalue weighted by molar-refractivity contribution is 6.36. The van der Waals surface area contributed by atoms with Crippen molar-refractivity contribution >= 4 is 29.1 Å². The SMILES string of the molecule is O=C(NC1CC2CC1C1CCCC21)c1cc(F)c(Cl)cc1Cl. The molecule has 1 amide bonds. The van der Waals surface area contributed by atoms with Gasteiger partial charge < -0.3 is 5.32 Å². The highest BCUT2D eigenvalue weighted by Crippen LogP contribution is 2.58. The van der Waals surface area contributed by atoms with Gasteiger partial charge in [0.05, 0.1) is 15.6 Å². The van der Waals surface area contributed by atoms with Crippen LogP contribution in [-0.2, 0) is 0 Å². The molecule has 0 heterocycles. The van der Waals surface area contributed by atoms with Gasteiger partial charge in [0.15, 0.2) is 0 Å². The van der Waals surface area contributed by atoms with Crippen molar-refractivity contribution in [1.82, 2.24) is 5.32 Å². The van der Waals surface area contributed by atoms with Crippen molar-refractivity contribution in [3.05, 3.63) is 33.6 Å². The summed E-state index contributed by atoms with van der Waals surface area (Å²) in [5.74, 6) is 2.13. The number of rotatable bonds is 2. The highest BCUT2D eigenvalue weighted by atomic mass is 35.5. The highest BCUT2D eigenvalue weighted by Gasteiger charge is 2.54. The van der Waals surface area contributed by atoms with Crippen LogP contribution in [0.3, 0.4) is 0 Å². The van der Waals surface area contributed by atoms with E-state index in [4.69, 9.17) is 23.2 Å². The van der Waals surface area contributed by atoms with Gasteiger partial charge in [-0.2, -0.15) is 0 Å². The first-order valence-electron chi connectivity index (χ1n) is 8.00. The van der Waals surface area contributed by atoms with Crippen LogP contribution in [0.15, 0.2) is 12.1 Å². The maximum atomic E-state index is 13.6. The topological polar surface area (TPSA) is 29.1 Å². The molecule has 3 aliphatic carbocycles. The zero-order valence-corrected chi connectivity index (χ0v) is 13.6. The number of nitrogens with one attached hydrogen (secondary N) is 1. The zero-order chi connectivity index (χ0) is 15.4. The van der Waals surface area contributed by atoms with Crippen LogP contribution in [0, 0.1) is 29.5 Å². The van der Waals surface area contributed by atoms with Gasteiger partial charge in [0.1, 0.15) is 5.82 Å². The monoisotopic (exact) mass is 341 g/mol. The molecular formula is C17H18Cl2FNO. The Morgan fingerprint density at radius 1 is 1.09 bits per heavy atom. The number of hydrogen-bond donors (Lipinski definition) is 1. The standard InChI is InChI=1S/C17H18Cl2FNO/c18-13-7-14(19)15(20)6-12(13)17(22)21-16-5-8-4-11(16)10-3-1-2-9(8)10/h6-11,16H,1-5H2,(H,21,22). The minimum atomic E-state index is -0.611. The molecule has 118 valence electrons. The summed E-state index contributed by atoms with van der Waals surface area (Å²) in [5, 5.41) is 3.23. The molecule has 1 N–H and O–H groups in total. The van der Waals surface area contributed by atoms with Crippen LogP contribution in [-0.4, -0.2) is 11.9 Å². The molecule has 5 atom stereocenters. The third kappa shape index (κ3) is 2.25. The van der Waals surface area contributed by atoms with Crippen molar-refractivity contribution in [1.29, 1.82) is 0 Å². The zero-order valence-electron chi connectivity index (χ0n) is 12.1. The quantitative estimate of drug-likeness (QED) is 0.777. The van der Waals surface area contributed by atoms with E-state index in [0.29, 0.717) is 5.92 Å². The number of fused-ring (bicyclic) bond motifs is 5. The molecule has 0 radical (unpaired) electrons. The number of hydrogen-bond acceptors (Lipinski definition) is 1. The van der Waals surface area contributed by atoms with Crippen molar-refractivity contribution in [2.45, 2.75) is 38.1 Å². The van der Waals surface area contributed by atoms with E-state index >= 15 is 0 Å². The molecule has 5 heteroatoms. The molecule has 0 aliphatic heterocycles. The summed E-state index contributed by atoms with van der Waals surface area (Å²) in [6.07, 6.45) is 6.29. The molecule has 0 spiro atoms. The second kappa shape index (κ2) is 5.38. The van der Waals surface area contributed by atoms with Gasteiger partial charge in [-0.25, -0.2) is 4.39 Å². The summed E-state index contributed by atoms with van der Waals surface area (Å²) in [6.45, 7) is 0. The lowest BCUT2D eigenvalue weighted by Crippen LogP contribution is -2.42. The van der Waals surface area contributed by atoms with Crippen LogP contribution in [0.5, 0.6) is 0 Å².